The van der Waals surface area contributed by atoms with Crippen LogP contribution in [-0.2, 0) is 13.1 Å². The number of likely N-dealkylation sites (tertiary alicyclic amines) is 1. The highest BCUT2D eigenvalue weighted by Gasteiger charge is 2.34. The molecule has 0 unspecified atom stereocenters. The highest BCUT2D eigenvalue weighted by Crippen LogP contribution is 2.36. The van der Waals surface area contributed by atoms with Crippen molar-refractivity contribution in [3.05, 3.63) is 76.2 Å². The summed E-state index contributed by atoms with van der Waals surface area (Å²) in [5, 5.41) is 8.28. The highest BCUT2D eigenvalue weighted by atomic mass is 16.5. The van der Waals surface area contributed by atoms with E-state index in [-0.39, 0.29) is 5.56 Å². The van der Waals surface area contributed by atoms with Crippen LogP contribution in [-0.4, -0.2) is 50.8 Å². The summed E-state index contributed by atoms with van der Waals surface area (Å²) in [4.78, 5) is 20.0. The second-order valence-corrected chi connectivity index (χ2v) is 8.02. The van der Waals surface area contributed by atoms with E-state index >= 15 is 0 Å². The van der Waals surface area contributed by atoms with E-state index in [4.69, 9.17) is 4.74 Å². The summed E-state index contributed by atoms with van der Waals surface area (Å²) in [6, 6.07) is 11.7. The lowest BCUT2D eigenvalue weighted by Gasteiger charge is -2.42. The van der Waals surface area contributed by atoms with Gasteiger partial charge in [0.05, 0.1) is 13.3 Å². The van der Waals surface area contributed by atoms with Crippen molar-refractivity contribution in [2.75, 3.05) is 20.2 Å². The number of hydrogen-bond donors (Lipinski definition) is 0. The maximum absolute atomic E-state index is 12.2. The zero-order valence-corrected chi connectivity index (χ0v) is 16.9. The van der Waals surface area contributed by atoms with Crippen molar-refractivity contribution in [3.8, 4) is 5.75 Å². The Kier molecular flexibility index (Phi) is 4.92. The molecule has 4 heterocycles. The van der Waals surface area contributed by atoms with Gasteiger partial charge >= 0.3 is 0 Å². The summed E-state index contributed by atoms with van der Waals surface area (Å²) in [7, 11) is 1.70. The first-order valence-electron chi connectivity index (χ1n) is 10.2. The van der Waals surface area contributed by atoms with Crippen LogP contribution in [0, 0.1) is 5.92 Å². The maximum Gasteiger partial charge on any atom is 0.250 e. The summed E-state index contributed by atoms with van der Waals surface area (Å²) in [6.07, 6.45) is 5.93. The van der Waals surface area contributed by atoms with Gasteiger partial charge in [-0.3, -0.25) is 9.69 Å². The Balaban J connectivity index is 1.37. The molecule has 8 nitrogen and oxygen atoms in total. The van der Waals surface area contributed by atoms with E-state index in [2.05, 4.69) is 32.2 Å². The monoisotopic (exact) mass is 404 g/mol. The number of methoxy groups -OCH3 is 1. The first-order chi connectivity index (χ1) is 14.7. The molecule has 0 aliphatic carbocycles. The first kappa shape index (κ1) is 18.7. The Morgan fingerprint density at radius 2 is 2.17 bits per heavy atom. The molecule has 0 radical (unpaired) electrons. The van der Waals surface area contributed by atoms with Crippen molar-refractivity contribution < 1.29 is 4.74 Å². The van der Waals surface area contributed by atoms with Gasteiger partial charge in [-0.2, -0.15) is 5.10 Å². The average molecular weight is 404 g/mol. The Morgan fingerprint density at radius 3 is 3.00 bits per heavy atom. The lowest BCUT2D eigenvalue weighted by atomic mass is 9.83. The molecule has 5 rings (SSSR count). The summed E-state index contributed by atoms with van der Waals surface area (Å²) >= 11 is 0. The van der Waals surface area contributed by atoms with Gasteiger partial charge in [-0.1, -0.05) is 6.07 Å². The molecule has 0 saturated carbocycles. The molecule has 0 N–H and O–H groups in total. The highest BCUT2D eigenvalue weighted by molar-refractivity contribution is 5.80. The van der Waals surface area contributed by atoms with Crippen LogP contribution in [0.5, 0.6) is 5.75 Å². The SMILES string of the molecule is COc1ccc(/C=N\n2cncn2)cc1CN1C[C@@H]2C[C@H](C1)c1cccc(=O)n1C2. The van der Waals surface area contributed by atoms with Gasteiger partial charge in [0.25, 0.3) is 5.56 Å². The minimum atomic E-state index is 0.122. The molecule has 30 heavy (non-hydrogen) atoms. The van der Waals surface area contributed by atoms with Crippen molar-refractivity contribution >= 4 is 6.21 Å². The van der Waals surface area contributed by atoms with Gasteiger partial charge in [-0.05, 0) is 42.2 Å². The van der Waals surface area contributed by atoms with Gasteiger partial charge in [0, 0.05) is 49.4 Å². The molecule has 8 heteroatoms. The molecule has 154 valence electrons. The number of pyridine rings is 1. The number of aromatic nitrogens is 4. The van der Waals surface area contributed by atoms with Gasteiger partial charge in [0.1, 0.15) is 18.4 Å². The maximum atomic E-state index is 12.2. The van der Waals surface area contributed by atoms with E-state index in [1.54, 1.807) is 25.7 Å². The van der Waals surface area contributed by atoms with Crippen molar-refractivity contribution in [1.29, 1.82) is 0 Å². The van der Waals surface area contributed by atoms with Crippen LogP contribution in [0.2, 0.25) is 0 Å². The van der Waals surface area contributed by atoms with Crippen LogP contribution in [0.25, 0.3) is 0 Å². The minimum absolute atomic E-state index is 0.122. The van der Waals surface area contributed by atoms with Crippen LogP contribution in [0.4, 0.5) is 0 Å². The molecule has 1 fully saturated rings. The number of fused-ring (bicyclic) bond motifs is 4. The van der Waals surface area contributed by atoms with Gasteiger partial charge in [0.2, 0.25) is 0 Å². The van der Waals surface area contributed by atoms with E-state index in [1.165, 1.54) is 16.8 Å². The Hall–Kier alpha value is -3.26. The fourth-order valence-electron chi connectivity index (χ4n) is 4.76. The average Bonchev–Trinajstić information content (AvgIpc) is 3.27. The quantitative estimate of drug-likeness (QED) is 0.608. The van der Waals surface area contributed by atoms with Crippen LogP contribution < -0.4 is 10.3 Å². The molecule has 3 aromatic rings. The molecule has 2 atom stereocenters. The van der Waals surface area contributed by atoms with Crippen molar-refractivity contribution in [3.63, 3.8) is 0 Å². The number of ether oxygens (including phenoxy) is 1. The lowest BCUT2D eigenvalue weighted by molar-refractivity contribution is 0.113. The standard InChI is InChI=1S/C22H24N6O2/c1-30-21-6-5-16(9-24-28-15-23-14-25-28)7-19(21)13-26-10-17-8-18(12-26)20-3-2-4-22(29)27(20)11-17/h2-7,9,14-15,17-18H,8,10-13H2,1H3/b24-9-/t17-,18+/m0/s1. The number of benzene rings is 1. The third-order valence-electron chi connectivity index (χ3n) is 5.99. The van der Waals surface area contributed by atoms with Gasteiger partial charge < -0.3 is 9.30 Å². The number of hydrogen-bond acceptors (Lipinski definition) is 6. The van der Waals surface area contributed by atoms with E-state index in [1.807, 2.05) is 22.8 Å². The smallest absolute Gasteiger partial charge is 0.250 e. The normalized spacial score (nSPS) is 21.0. The second-order valence-electron chi connectivity index (χ2n) is 8.02. The first-order valence-corrected chi connectivity index (χ1v) is 10.2. The van der Waals surface area contributed by atoms with Crippen molar-refractivity contribution in [1.82, 2.24) is 24.3 Å². The number of rotatable bonds is 5. The molecule has 2 aliphatic heterocycles. The molecule has 1 saturated heterocycles. The predicted octanol–water partition coefficient (Wildman–Crippen LogP) is 1.95. The van der Waals surface area contributed by atoms with E-state index in [9.17, 15) is 4.79 Å². The lowest BCUT2D eigenvalue weighted by Crippen LogP contribution is -2.46. The predicted molar refractivity (Wildman–Crippen MR) is 113 cm³/mol. The summed E-state index contributed by atoms with van der Waals surface area (Å²) in [6.45, 7) is 3.54. The van der Waals surface area contributed by atoms with Gasteiger partial charge in [-0.25, -0.2) is 4.98 Å². The Bertz CT molecular complexity index is 1120. The zero-order valence-electron chi connectivity index (χ0n) is 16.9. The number of piperidine rings is 1. The van der Waals surface area contributed by atoms with Crippen LogP contribution in [0.15, 0.2) is 58.9 Å². The molecule has 0 amide bonds. The van der Waals surface area contributed by atoms with Gasteiger partial charge in [-0.15, -0.1) is 9.89 Å². The summed E-state index contributed by atoms with van der Waals surface area (Å²) in [5.74, 6) is 1.77. The molecule has 0 spiro atoms. The van der Waals surface area contributed by atoms with Crippen LogP contribution >= 0.6 is 0 Å². The topological polar surface area (TPSA) is 77.5 Å². The fourth-order valence-corrected chi connectivity index (χ4v) is 4.76. The van der Waals surface area contributed by atoms with Crippen LogP contribution in [0.1, 0.15) is 29.2 Å². The molecular weight excluding hydrogens is 380 g/mol. The number of nitrogens with zero attached hydrogens (tertiary/aromatic N) is 6. The summed E-state index contributed by atoms with van der Waals surface area (Å²) < 4.78 is 7.58. The molecule has 2 aliphatic rings. The Labute approximate surface area is 174 Å². The van der Waals surface area contributed by atoms with E-state index < -0.39 is 0 Å². The molecule has 2 bridgehead atoms. The third-order valence-corrected chi connectivity index (χ3v) is 5.99. The molecule has 1 aromatic carbocycles. The molecular formula is C22H24N6O2. The molecule has 2 aromatic heterocycles. The summed E-state index contributed by atoms with van der Waals surface area (Å²) in [5.41, 5.74) is 3.40. The van der Waals surface area contributed by atoms with Crippen molar-refractivity contribution in [2.45, 2.75) is 25.4 Å². The minimum Gasteiger partial charge on any atom is -0.496 e. The van der Waals surface area contributed by atoms with Gasteiger partial charge in [0.15, 0.2) is 0 Å². The van der Waals surface area contributed by atoms with E-state index in [0.29, 0.717) is 11.8 Å². The van der Waals surface area contributed by atoms with Crippen LogP contribution in [0.3, 0.4) is 0 Å². The zero-order chi connectivity index (χ0) is 20.5. The van der Waals surface area contributed by atoms with Crippen molar-refractivity contribution in [2.24, 2.45) is 11.0 Å². The fraction of sp³-hybridized carbons (Fsp3) is 0.364. The largest absolute Gasteiger partial charge is 0.496 e. The second kappa shape index (κ2) is 7.87. The Morgan fingerprint density at radius 1 is 1.23 bits per heavy atom. The third kappa shape index (κ3) is 3.66. The van der Waals surface area contributed by atoms with E-state index in [0.717, 1.165) is 49.5 Å².